The maximum atomic E-state index is 15.6. The minimum absolute atomic E-state index is 0.0449. The number of anilines is 1. The molecule has 0 amide bonds. The summed E-state index contributed by atoms with van der Waals surface area (Å²) in [6, 6.07) is 8.79. The summed E-state index contributed by atoms with van der Waals surface area (Å²) in [4.78, 5) is 30.3. The van der Waals surface area contributed by atoms with Crippen LogP contribution in [0.4, 0.5) is 10.1 Å². The van der Waals surface area contributed by atoms with Crippen molar-refractivity contribution in [1.82, 2.24) is 9.47 Å². The molecule has 10 nitrogen and oxygen atoms in total. The van der Waals surface area contributed by atoms with Crippen molar-refractivity contribution in [2.75, 3.05) is 44.2 Å². The number of carbonyl (C=O) groups is 1. The maximum absolute atomic E-state index is 15.6. The van der Waals surface area contributed by atoms with Gasteiger partial charge in [0, 0.05) is 50.3 Å². The van der Waals surface area contributed by atoms with E-state index in [0.29, 0.717) is 48.6 Å². The number of fused-ring (bicyclic) bond motifs is 2. The van der Waals surface area contributed by atoms with Gasteiger partial charge < -0.3 is 34.4 Å². The maximum Gasteiger partial charge on any atom is 0.492 e. The van der Waals surface area contributed by atoms with Gasteiger partial charge in [-0.25, -0.2) is 9.18 Å². The standard InChI is InChI=1S/C32H40BFN4O6/c1-3-5-14-42-32(40)24-19-38(20-6-7-20)27-17-28(26(34)16-23(27)31(24)39)36-10-12-37(13-11-36)30(4-2)43-21-8-9-22-25(15-21)33(41)44-29(22)18-35/h8-9,15-17,19-20,29-30,41H,3-7,10-14,18,35H2,1-2H3. The van der Waals surface area contributed by atoms with Gasteiger partial charge in [0.15, 0.2) is 6.23 Å². The third kappa shape index (κ3) is 5.96. The fraction of sp³-hybridized carbons (Fsp3) is 0.500. The zero-order chi connectivity index (χ0) is 31.0. The quantitative estimate of drug-likeness (QED) is 0.193. The van der Waals surface area contributed by atoms with E-state index >= 15 is 4.39 Å². The Morgan fingerprint density at radius 3 is 2.64 bits per heavy atom. The summed E-state index contributed by atoms with van der Waals surface area (Å²) in [6.45, 7) is 7.05. The molecule has 12 heteroatoms. The molecule has 2 aliphatic heterocycles. The number of nitrogens with two attached hydrogens (primary N) is 1. The molecular weight excluding hydrogens is 566 g/mol. The minimum Gasteiger partial charge on any atom is -0.475 e. The first kappa shape index (κ1) is 30.6. The van der Waals surface area contributed by atoms with Gasteiger partial charge in [-0.05, 0) is 61.0 Å². The largest absolute Gasteiger partial charge is 0.492 e. The zero-order valence-corrected chi connectivity index (χ0v) is 25.3. The second-order valence-electron chi connectivity index (χ2n) is 11.8. The van der Waals surface area contributed by atoms with Crippen LogP contribution in [0.2, 0.25) is 0 Å². The molecule has 3 heterocycles. The molecule has 2 atom stereocenters. The number of unbranched alkanes of at least 4 members (excludes halogenated alkanes) is 1. The van der Waals surface area contributed by atoms with E-state index in [0.717, 1.165) is 37.7 Å². The van der Waals surface area contributed by atoms with Crippen LogP contribution in [0.3, 0.4) is 0 Å². The van der Waals surface area contributed by atoms with Gasteiger partial charge in [-0.15, -0.1) is 0 Å². The van der Waals surface area contributed by atoms with Gasteiger partial charge in [-0.2, -0.15) is 0 Å². The van der Waals surface area contributed by atoms with Crippen molar-refractivity contribution in [3.05, 3.63) is 63.7 Å². The molecule has 0 spiro atoms. The van der Waals surface area contributed by atoms with E-state index in [2.05, 4.69) is 11.8 Å². The van der Waals surface area contributed by atoms with Crippen molar-refractivity contribution in [3.63, 3.8) is 0 Å². The van der Waals surface area contributed by atoms with Crippen LogP contribution in [0, 0.1) is 5.82 Å². The first-order chi connectivity index (χ1) is 21.3. The third-order valence-electron chi connectivity index (χ3n) is 8.85. The first-order valence-electron chi connectivity index (χ1n) is 15.7. The van der Waals surface area contributed by atoms with Gasteiger partial charge in [0.05, 0.1) is 23.9 Å². The average molecular weight is 607 g/mol. The van der Waals surface area contributed by atoms with Crippen molar-refractivity contribution in [2.24, 2.45) is 5.73 Å². The Balaban J connectivity index is 1.18. The van der Waals surface area contributed by atoms with Crippen LogP contribution >= 0.6 is 0 Å². The summed E-state index contributed by atoms with van der Waals surface area (Å²) in [5.41, 5.74) is 7.86. The molecule has 0 radical (unpaired) electrons. The van der Waals surface area contributed by atoms with E-state index in [1.165, 1.54) is 6.07 Å². The van der Waals surface area contributed by atoms with Crippen LogP contribution in [0.15, 0.2) is 41.3 Å². The Morgan fingerprint density at radius 1 is 1.18 bits per heavy atom. The summed E-state index contributed by atoms with van der Waals surface area (Å²) in [5, 5.41) is 10.5. The number of benzene rings is 2. The molecule has 6 rings (SSSR count). The lowest BCUT2D eigenvalue weighted by atomic mass is 9.79. The Hall–Kier alpha value is -3.45. The number of ether oxygens (including phenoxy) is 2. The van der Waals surface area contributed by atoms with Crippen LogP contribution < -0.4 is 26.3 Å². The highest BCUT2D eigenvalue weighted by atomic mass is 19.1. The Morgan fingerprint density at radius 2 is 1.95 bits per heavy atom. The molecular formula is C32H40BFN4O6. The Labute approximate surface area is 256 Å². The fourth-order valence-corrected chi connectivity index (χ4v) is 6.23. The molecule has 1 saturated carbocycles. The molecule has 1 aromatic heterocycles. The van der Waals surface area contributed by atoms with Crippen molar-refractivity contribution in [1.29, 1.82) is 0 Å². The highest BCUT2D eigenvalue weighted by molar-refractivity contribution is 6.61. The highest BCUT2D eigenvalue weighted by Gasteiger charge is 2.35. The van der Waals surface area contributed by atoms with E-state index in [1.807, 2.05) is 34.6 Å². The van der Waals surface area contributed by atoms with Crippen molar-refractivity contribution in [3.8, 4) is 5.75 Å². The smallest absolute Gasteiger partial charge is 0.475 e. The lowest BCUT2D eigenvalue weighted by Crippen LogP contribution is -2.52. The number of hydrogen-bond acceptors (Lipinski definition) is 9. The van der Waals surface area contributed by atoms with Gasteiger partial charge >= 0.3 is 13.1 Å². The predicted molar refractivity (Wildman–Crippen MR) is 167 cm³/mol. The monoisotopic (exact) mass is 606 g/mol. The van der Waals surface area contributed by atoms with E-state index in [1.54, 1.807) is 12.3 Å². The van der Waals surface area contributed by atoms with Gasteiger partial charge in [-0.1, -0.05) is 26.3 Å². The summed E-state index contributed by atoms with van der Waals surface area (Å²) < 4.78 is 34.8. The lowest BCUT2D eigenvalue weighted by molar-refractivity contribution is 0.0185. The minimum atomic E-state index is -1.02. The molecule has 234 valence electrons. The number of rotatable bonds is 11. The summed E-state index contributed by atoms with van der Waals surface area (Å²) >= 11 is 0. The van der Waals surface area contributed by atoms with Gasteiger partial charge in [0.1, 0.15) is 17.1 Å². The Bertz CT molecular complexity index is 1590. The molecule has 3 N–H and O–H groups in total. The van der Waals surface area contributed by atoms with Crippen molar-refractivity contribution in [2.45, 2.75) is 64.3 Å². The molecule has 3 aromatic rings. The SMILES string of the molecule is CCCCOC(=O)c1cn(C2CC2)c2cc(N3CCN(C(CC)Oc4ccc5c(c4)B(O)OC5CN)CC3)c(F)cc2c1=O. The molecule has 44 heavy (non-hydrogen) atoms. The number of halogens is 1. The molecule has 0 bridgehead atoms. The molecule has 1 saturated heterocycles. The topological polar surface area (TPSA) is 119 Å². The Kier molecular flexibility index (Phi) is 8.95. The molecule has 1 aliphatic carbocycles. The number of hydrogen-bond donors (Lipinski definition) is 2. The number of piperazine rings is 1. The van der Waals surface area contributed by atoms with Gasteiger partial charge in [0.2, 0.25) is 5.43 Å². The summed E-state index contributed by atoms with van der Waals surface area (Å²) in [5.74, 6) is -0.498. The molecule has 2 aromatic carbocycles. The van der Waals surface area contributed by atoms with Crippen LogP contribution in [0.5, 0.6) is 5.75 Å². The lowest BCUT2D eigenvalue weighted by Gasteiger charge is -2.40. The van der Waals surface area contributed by atoms with E-state index in [-0.39, 0.29) is 42.5 Å². The van der Waals surface area contributed by atoms with Crippen LogP contribution in [0.25, 0.3) is 10.9 Å². The number of aromatic nitrogens is 1. The number of esters is 1. The third-order valence-corrected chi connectivity index (χ3v) is 8.85. The number of carbonyl (C=O) groups excluding carboxylic acids is 1. The predicted octanol–water partition coefficient (Wildman–Crippen LogP) is 3.09. The second kappa shape index (κ2) is 12.9. The normalized spacial score (nSPS) is 19.3. The second-order valence-corrected chi connectivity index (χ2v) is 11.8. The summed E-state index contributed by atoms with van der Waals surface area (Å²) in [6.07, 6.45) is 5.28. The van der Waals surface area contributed by atoms with Gasteiger partial charge in [0.25, 0.3) is 0 Å². The molecule has 2 unspecified atom stereocenters. The number of nitrogens with zero attached hydrogens (tertiary/aromatic N) is 3. The molecule has 2 fully saturated rings. The van der Waals surface area contributed by atoms with Crippen molar-refractivity contribution >= 4 is 35.1 Å². The first-order valence-corrected chi connectivity index (χ1v) is 15.7. The number of pyridine rings is 1. The summed E-state index contributed by atoms with van der Waals surface area (Å²) in [7, 11) is -1.02. The molecule has 3 aliphatic rings. The van der Waals surface area contributed by atoms with E-state index in [4.69, 9.17) is 19.9 Å². The van der Waals surface area contributed by atoms with Crippen LogP contribution in [-0.2, 0) is 9.39 Å². The van der Waals surface area contributed by atoms with Crippen LogP contribution in [0.1, 0.15) is 74.0 Å². The van der Waals surface area contributed by atoms with E-state index < -0.39 is 24.3 Å². The average Bonchev–Trinajstić information content (AvgIpc) is 3.83. The van der Waals surface area contributed by atoms with Crippen molar-refractivity contribution < 1.29 is 28.3 Å². The highest BCUT2D eigenvalue weighted by Crippen LogP contribution is 2.38. The van der Waals surface area contributed by atoms with E-state index in [9.17, 15) is 14.6 Å². The zero-order valence-electron chi connectivity index (χ0n) is 25.3. The van der Waals surface area contributed by atoms with Crippen LogP contribution in [-0.4, -0.2) is 73.1 Å². The fourth-order valence-electron chi connectivity index (χ4n) is 6.23. The van der Waals surface area contributed by atoms with Gasteiger partial charge in [-0.3, -0.25) is 9.69 Å².